The Morgan fingerprint density at radius 2 is 1.62 bits per heavy atom. The van der Waals surface area contributed by atoms with Gasteiger partial charge in [-0.3, -0.25) is 4.90 Å². The molecule has 6 aliphatic rings. The molecule has 6 bridgehead atoms. The van der Waals surface area contributed by atoms with Crippen molar-refractivity contribution in [3.8, 4) is 0 Å². The Kier molecular flexibility index (Phi) is 4.23. The number of fused-ring (bicyclic) bond motifs is 2. The van der Waals surface area contributed by atoms with Gasteiger partial charge in [-0.15, -0.1) is 0 Å². The second-order valence-electron chi connectivity index (χ2n) is 10.8. The Bertz CT molecular complexity index is 753. The van der Waals surface area contributed by atoms with Crippen LogP contribution in [-0.2, 0) is 4.74 Å². The number of anilines is 1. The predicted octanol–water partition coefficient (Wildman–Crippen LogP) is 4.34. The first-order valence-corrected chi connectivity index (χ1v) is 11.9. The molecule has 2 saturated heterocycles. The van der Waals surface area contributed by atoms with E-state index in [1.807, 2.05) is 19.1 Å². The van der Waals surface area contributed by atoms with E-state index in [-0.39, 0.29) is 5.97 Å². The molecule has 2 aliphatic heterocycles. The number of hydrogen-bond donors (Lipinski definition) is 0. The standard InChI is InChI=1S/C25H34N2O2/c1-2-29-24(28)20-3-5-21(6-4-20)27-15-22-10-23(27)14-26(22)16-25-11-17-7-18(12-25)9-19(8-17)13-25/h3-6,17-19,22-23H,2,7-16H2,1H3/t17?,18?,19?,22-,23-,25?/m0/s1. The molecule has 6 fully saturated rings. The van der Waals surface area contributed by atoms with E-state index >= 15 is 0 Å². The molecule has 0 unspecified atom stereocenters. The second-order valence-corrected chi connectivity index (χ2v) is 10.8. The van der Waals surface area contributed by atoms with Gasteiger partial charge in [0.15, 0.2) is 0 Å². The van der Waals surface area contributed by atoms with Crippen molar-refractivity contribution in [3.63, 3.8) is 0 Å². The Morgan fingerprint density at radius 3 is 2.17 bits per heavy atom. The van der Waals surface area contributed by atoms with Crippen LogP contribution in [0.4, 0.5) is 5.69 Å². The first-order valence-electron chi connectivity index (χ1n) is 11.9. The van der Waals surface area contributed by atoms with E-state index in [1.54, 1.807) is 19.3 Å². The summed E-state index contributed by atoms with van der Waals surface area (Å²) < 4.78 is 5.11. The van der Waals surface area contributed by atoms with E-state index < -0.39 is 0 Å². The zero-order valence-electron chi connectivity index (χ0n) is 17.7. The van der Waals surface area contributed by atoms with Crippen molar-refractivity contribution < 1.29 is 9.53 Å². The van der Waals surface area contributed by atoms with Crippen LogP contribution >= 0.6 is 0 Å². The quantitative estimate of drug-likeness (QED) is 0.696. The van der Waals surface area contributed by atoms with Crippen LogP contribution in [-0.4, -0.2) is 49.2 Å². The monoisotopic (exact) mass is 394 g/mol. The summed E-state index contributed by atoms with van der Waals surface area (Å²) in [4.78, 5) is 17.3. The first kappa shape index (κ1) is 18.2. The minimum Gasteiger partial charge on any atom is -0.462 e. The van der Waals surface area contributed by atoms with Crippen LogP contribution in [0.2, 0.25) is 0 Å². The number of likely N-dealkylation sites (tertiary alicyclic amines) is 1. The Morgan fingerprint density at radius 1 is 0.966 bits per heavy atom. The molecule has 7 rings (SSSR count). The fourth-order valence-electron chi connectivity index (χ4n) is 8.18. The van der Waals surface area contributed by atoms with Gasteiger partial charge < -0.3 is 9.64 Å². The summed E-state index contributed by atoms with van der Waals surface area (Å²) in [7, 11) is 0. The molecule has 156 valence electrons. The summed E-state index contributed by atoms with van der Waals surface area (Å²) in [5, 5.41) is 0. The number of hydrogen-bond acceptors (Lipinski definition) is 4. The largest absolute Gasteiger partial charge is 0.462 e. The van der Waals surface area contributed by atoms with Gasteiger partial charge in [-0.1, -0.05) is 0 Å². The van der Waals surface area contributed by atoms with E-state index in [9.17, 15) is 4.79 Å². The lowest BCUT2D eigenvalue weighted by molar-refractivity contribution is -0.0712. The summed E-state index contributed by atoms with van der Waals surface area (Å²) >= 11 is 0. The minimum absolute atomic E-state index is 0.219. The van der Waals surface area contributed by atoms with Crippen LogP contribution in [0.15, 0.2) is 24.3 Å². The number of ether oxygens (including phenoxy) is 1. The van der Waals surface area contributed by atoms with Crippen LogP contribution in [0.1, 0.15) is 62.2 Å². The number of piperazine rings is 1. The van der Waals surface area contributed by atoms with Crippen molar-refractivity contribution in [1.82, 2.24) is 4.90 Å². The summed E-state index contributed by atoms with van der Waals surface area (Å²) in [5.74, 6) is 2.94. The van der Waals surface area contributed by atoms with Gasteiger partial charge in [-0.25, -0.2) is 4.79 Å². The van der Waals surface area contributed by atoms with Crippen molar-refractivity contribution in [3.05, 3.63) is 29.8 Å². The van der Waals surface area contributed by atoms with Gasteiger partial charge in [-0.05, 0) is 99.3 Å². The molecule has 0 amide bonds. The molecular formula is C25H34N2O2. The maximum atomic E-state index is 11.9. The summed E-state index contributed by atoms with van der Waals surface area (Å²) in [6.45, 7) is 6.02. The lowest BCUT2D eigenvalue weighted by Gasteiger charge is -2.58. The van der Waals surface area contributed by atoms with Crippen molar-refractivity contribution in [2.45, 2.75) is 64.0 Å². The van der Waals surface area contributed by atoms with Gasteiger partial charge in [-0.2, -0.15) is 0 Å². The Balaban J connectivity index is 1.11. The molecule has 29 heavy (non-hydrogen) atoms. The highest BCUT2D eigenvalue weighted by Gasteiger charge is 2.53. The highest BCUT2D eigenvalue weighted by molar-refractivity contribution is 5.89. The first-order chi connectivity index (χ1) is 14.1. The zero-order valence-corrected chi connectivity index (χ0v) is 17.7. The number of nitrogens with zero attached hydrogens (tertiary/aromatic N) is 2. The third-order valence-corrected chi connectivity index (χ3v) is 8.77. The van der Waals surface area contributed by atoms with E-state index in [4.69, 9.17) is 4.74 Å². The van der Waals surface area contributed by atoms with E-state index in [1.165, 1.54) is 44.5 Å². The smallest absolute Gasteiger partial charge is 0.338 e. The van der Waals surface area contributed by atoms with Crippen molar-refractivity contribution in [1.29, 1.82) is 0 Å². The molecular weight excluding hydrogens is 360 g/mol. The van der Waals surface area contributed by atoms with Crippen LogP contribution in [0.25, 0.3) is 0 Å². The van der Waals surface area contributed by atoms with E-state index in [0.717, 1.165) is 30.3 Å². The van der Waals surface area contributed by atoms with Crippen LogP contribution in [0.5, 0.6) is 0 Å². The molecule has 2 heterocycles. The van der Waals surface area contributed by atoms with Crippen LogP contribution in [0, 0.1) is 23.2 Å². The summed E-state index contributed by atoms with van der Waals surface area (Å²) in [5.41, 5.74) is 2.58. The highest BCUT2D eigenvalue weighted by atomic mass is 16.5. The molecule has 0 aromatic heterocycles. The SMILES string of the molecule is CCOC(=O)c1ccc(N2C[C@@H]3C[C@H]2CN3CC23CC4CC(CC(C4)C2)C3)cc1. The normalized spacial score (nSPS) is 40.0. The average molecular weight is 395 g/mol. The van der Waals surface area contributed by atoms with E-state index in [0.29, 0.717) is 23.6 Å². The second kappa shape index (κ2) is 6.73. The lowest BCUT2D eigenvalue weighted by Crippen LogP contribution is -2.55. The fourth-order valence-corrected chi connectivity index (χ4v) is 8.18. The maximum Gasteiger partial charge on any atom is 0.338 e. The molecule has 2 atom stereocenters. The number of rotatable bonds is 5. The third kappa shape index (κ3) is 3.10. The summed E-state index contributed by atoms with van der Waals surface area (Å²) in [6.07, 6.45) is 10.5. The molecule has 1 aromatic rings. The van der Waals surface area contributed by atoms with Gasteiger partial charge in [0.1, 0.15) is 0 Å². The minimum atomic E-state index is -0.219. The molecule has 4 nitrogen and oxygen atoms in total. The molecule has 0 N–H and O–H groups in total. The molecule has 0 radical (unpaired) electrons. The van der Waals surface area contributed by atoms with Crippen LogP contribution < -0.4 is 4.90 Å². The summed E-state index contributed by atoms with van der Waals surface area (Å²) in [6, 6.07) is 9.42. The van der Waals surface area contributed by atoms with Gasteiger partial charge in [0, 0.05) is 37.4 Å². The number of carbonyl (C=O) groups excluding carboxylic acids is 1. The highest BCUT2D eigenvalue weighted by Crippen LogP contribution is 2.60. The number of carbonyl (C=O) groups is 1. The molecule has 4 heteroatoms. The number of esters is 1. The lowest BCUT2D eigenvalue weighted by atomic mass is 9.49. The van der Waals surface area contributed by atoms with Gasteiger partial charge in [0.05, 0.1) is 12.2 Å². The topological polar surface area (TPSA) is 32.8 Å². The zero-order chi connectivity index (χ0) is 19.6. The molecule has 0 spiro atoms. The Hall–Kier alpha value is -1.55. The van der Waals surface area contributed by atoms with Gasteiger partial charge in [0.2, 0.25) is 0 Å². The molecule has 1 aromatic carbocycles. The fraction of sp³-hybridized carbons (Fsp3) is 0.720. The molecule has 4 aliphatic carbocycles. The van der Waals surface area contributed by atoms with Crippen LogP contribution in [0.3, 0.4) is 0 Å². The number of benzene rings is 1. The van der Waals surface area contributed by atoms with Crippen molar-refractivity contribution in [2.24, 2.45) is 23.2 Å². The third-order valence-electron chi connectivity index (χ3n) is 8.77. The van der Waals surface area contributed by atoms with Gasteiger partial charge in [0.25, 0.3) is 0 Å². The molecule has 4 saturated carbocycles. The Labute approximate surface area is 174 Å². The van der Waals surface area contributed by atoms with Crippen molar-refractivity contribution in [2.75, 3.05) is 31.1 Å². The predicted molar refractivity (Wildman–Crippen MR) is 114 cm³/mol. The van der Waals surface area contributed by atoms with E-state index in [2.05, 4.69) is 21.9 Å². The van der Waals surface area contributed by atoms with Gasteiger partial charge >= 0.3 is 5.97 Å². The van der Waals surface area contributed by atoms with Crippen molar-refractivity contribution >= 4 is 11.7 Å². The maximum absolute atomic E-state index is 11.9. The average Bonchev–Trinajstić information content (AvgIpc) is 3.27.